The van der Waals surface area contributed by atoms with Gasteiger partial charge in [-0.05, 0) is 67.6 Å². The van der Waals surface area contributed by atoms with Gasteiger partial charge in [-0.25, -0.2) is 18.6 Å². The number of H-pyrrole nitrogens is 1. The van der Waals surface area contributed by atoms with Crippen molar-refractivity contribution in [3.05, 3.63) is 86.2 Å². The molecule has 1 saturated heterocycles. The Hall–Kier alpha value is -5.56. The molecule has 4 N–H and O–H groups in total. The maximum atomic E-state index is 13.1. The summed E-state index contributed by atoms with van der Waals surface area (Å²) >= 11 is 0. The molecule has 1 aliphatic rings. The number of alkyl halides is 2. The molecule has 3 aromatic heterocycles. The molecule has 4 heterocycles. The van der Waals surface area contributed by atoms with Crippen LogP contribution in [0.15, 0.2) is 58.3 Å². The summed E-state index contributed by atoms with van der Waals surface area (Å²) in [6.07, 6.45) is 0.413. The minimum atomic E-state index is -2.89. The summed E-state index contributed by atoms with van der Waals surface area (Å²) in [5.74, 6) is -0.552. The van der Waals surface area contributed by atoms with Crippen LogP contribution in [0.25, 0.3) is 22.1 Å². The first-order chi connectivity index (χ1) is 27.6. The smallest absolute Gasteiger partial charge is 0.329 e. The van der Waals surface area contributed by atoms with E-state index < -0.39 is 29.5 Å². The standard InChI is InChI=1S/C39H46F2N8O8/c1-24-21-27(8-9-29(24)44-38-43-23-26-22-28(34(40)41)36(51)46-35(26)47-38)42-12-14-55-16-18-57-20-19-56-17-15-54-13-4-6-25-5-3-7-30-33(25)48(2)39(53)49(30)31-10-11-32(50)45-37(31)52/h3,5,7-9,21-23,31,34,42H,4,6,10-20H2,1-2H3,(H,45,50,52)(H2,43,44,46,47,51). The molecule has 1 atom stereocenters. The fraction of sp³-hybridized carbons (Fsp3) is 0.436. The fourth-order valence-electron chi connectivity index (χ4n) is 6.61. The van der Waals surface area contributed by atoms with Crippen molar-refractivity contribution < 1.29 is 37.3 Å². The van der Waals surface area contributed by atoms with Gasteiger partial charge in [0.1, 0.15) is 11.7 Å². The molecule has 1 fully saturated rings. The summed E-state index contributed by atoms with van der Waals surface area (Å²) in [6, 6.07) is 11.8. The molecule has 16 nitrogen and oxygen atoms in total. The number of nitrogens with one attached hydrogen (secondary N) is 4. The number of anilines is 3. The van der Waals surface area contributed by atoms with Crippen LogP contribution in [-0.4, -0.2) is 95.3 Å². The predicted octanol–water partition coefficient (Wildman–Crippen LogP) is 4.05. The molecular formula is C39H46F2N8O8. The maximum Gasteiger partial charge on any atom is 0.329 e. The molecule has 1 unspecified atom stereocenters. The first-order valence-corrected chi connectivity index (χ1v) is 18.7. The monoisotopic (exact) mass is 792 g/mol. The van der Waals surface area contributed by atoms with E-state index in [9.17, 15) is 28.0 Å². The van der Waals surface area contributed by atoms with E-state index >= 15 is 0 Å². The highest BCUT2D eigenvalue weighted by atomic mass is 19.3. The van der Waals surface area contributed by atoms with Crippen molar-refractivity contribution in [1.82, 2.24) is 29.4 Å². The van der Waals surface area contributed by atoms with Gasteiger partial charge in [0, 0.05) is 49.6 Å². The van der Waals surface area contributed by atoms with Gasteiger partial charge in [0.15, 0.2) is 0 Å². The van der Waals surface area contributed by atoms with Crippen molar-refractivity contribution in [1.29, 1.82) is 0 Å². The lowest BCUT2D eigenvalue weighted by molar-refractivity contribution is -0.135. The highest BCUT2D eigenvalue weighted by molar-refractivity contribution is 6.00. The molecule has 2 amide bonds. The second-order valence-corrected chi connectivity index (χ2v) is 13.4. The number of imidazole rings is 1. The van der Waals surface area contributed by atoms with Crippen molar-refractivity contribution in [2.24, 2.45) is 7.05 Å². The van der Waals surface area contributed by atoms with E-state index in [1.165, 1.54) is 10.8 Å². The summed E-state index contributed by atoms with van der Waals surface area (Å²) in [6.45, 7) is 6.14. The number of piperidine rings is 1. The lowest BCUT2D eigenvalue weighted by Crippen LogP contribution is -2.44. The van der Waals surface area contributed by atoms with E-state index in [4.69, 9.17) is 18.9 Å². The number of nitrogens with zero attached hydrogens (tertiary/aromatic N) is 4. The van der Waals surface area contributed by atoms with Crippen LogP contribution in [-0.2, 0) is 42.0 Å². The minimum Gasteiger partial charge on any atom is -0.383 e. The SMILES string of the molecule is Cc1cc(NCCOCCOCCOCCOCCCc2cccc3c2n(C)c(=O)n3C2CCC(=O)NC2=O)ccc1Nc1ncc2cc(C(F)F)c(=O)[nH]c2n1. The number of amides is 2. The number of aromatic amines is 1. The van der Waals surface area contributed by atoms with Gasteiger partial charge in [0.2, 0.25) is 17.8 Å². The highest BCUT2D eigenvalue weighted by Crippen LogP contribution is 2.26. The van der Waals surface area contributed by atoms with Crippen LogP contribution >= 0.6 is 0 Å². The zero-order valence-electron chi connectivity index (χ0n) is 31.8. The normalized spacial score (nSPS) is 14.5. The Morgan fingerprint density at radius 1 is 0.930 bits per heavy atom. The lowest BCUT2D eigenvalue weighted by Gasteiger charge is -2.21. The largest absolute Gasteiger partial charge is 0.383 e. The highest BCUT2D eigenvalue weighted by Gasteiger charge is 2.31. The van der Waals surface area contributed by atoms with Crippen LogP contribution in [0.3, 0.4) is 0 Å². The van der Waals surface area contributed by atoms with Crippen LogP contribution in [0.4, 0.5) is 26.1 Å². The molecule has 0 radical (unpaired) electrons. The predicted molar refractivity (Wildman–Crippen MR) is 208 cm³/mol. The summed E-state index contributed by atoms with van der Waals surface area (Å²) in [7, 11) is 1.70. The summed E-state index contributed by atoms with van der Waals surface area (Å²) in [4.78, 5) is 59.9. The van der Waals surface area contributed by atoms with Crippen LogP contribution in [0.1, 0.15) is 48.4 Å². The Morgan fingerprint density at radius 2 is 1.65 bits per heavy atom. The van der Waals surface area contributed by atoms with Gasteiger partial charge in [0.25, 0.3) is 12.0 Å². The number of carbonyl (C=O) groups is 2. The van der Waals surface area contributed by atoms with E-state index in [0.717, 1.165) is 40.5 Å². The topological polar surface area (TPSA) is 193 Å². The number of hydrogen-bond donors (Lipinski definition) is 4. The Bertz CT molecular complexity index is 2310. The Kier molecular flexibility index (Phi) is 14.1. The Labute approximate surface area is 325 Å². The molecule has 0 saturated carbocycles. The second-order valence-electron chi connectivity index (χ2n) is 13.4. The zero-order valence-corrected chi connectivity index (χ0v) is 31.8. The third-order valence-corrected chi connectivity index (χ3v) is 9.46. The number of aryl methyl sites for hydroxylation is 3. The number of fused-ring (bicyclic) bond motifs is 2. The van der Waals surface area contributed by atoms with Gasteiger partial charge < -0.3 is 34.6 Å². The molecule has 0 bridgehead atoms. The molecule has 57 heavy (non-hydrogen) atoms. The maximum absolute atomic E-state index is 13.1. The number of para-hydroxylation sites is 1. The molecule has 0 aliphatic carbocycles. The van der Waals surface area contributed by atoms with E-state index in [1.54, 1.807) is 11.6 Å². The molecule has 0 spiro atoms. The molecule has 6 rings (SSSR count). The number of carbonyl (C=O) groups excluding carboxylic acids is 2. The van der Waals surface area contributed by atoms with Crippen molar-refractivity contribution in [2.45, 2.75) is 45.1 Å². The fourth-order valence-corrected chi connectivity index (χ4v) is 6.61. The third kappa shape index (κ3) is 10.4. The van der Waals surface area contributed by atoms with Crippen LogP contribution < -0.4 is 27.2 Å². The van der Waals surface area contributed by atoms with Crippen LogP contribution in [0.2, 0.25) is 0 Å². The molecule has 5 aromatic rings. The van der Waals surface area contributed by atoms with E-state index in [2.05, 4.69) is 30.9 Å². The first-order valence-electron chi connectivity index (χ1n) is 18.7. The molecular weight excluding hydrogens is 746 g/mol. The van der Waals surface area contributed by atoms with Crippen LogP contribution in [0.5, 0.6) is 0 Å². The third-order valence-electron chi connectivity index (χ3n) is 9.46. The van der Waals surface area contributed by atoms with Crippen molar-refractivity contribution in [2.75, 3.05) is 70.0 Å². The van der Waals surface area contributed by atoms with Gasteiger partial charge in [-0.1, -0.05) is 12.1 Å². The van der Waals surface area contributed by atoms with Crippen molar-refractivity contribution >= 4 is 51.2 Å². The lowest BCUT2D eigenvalue weighted by atomic mass is 10.0. The number of imide groups is 1. The Balaban J connectivity index is 0.789. The number of pyridine rings is 1. The van der Waals surface area contributed by atoms with Gasteiger partial charge in [-0.2, -0.15) is 4.98 Å². The van der Waals surface area contributed by atoms with Crippen molar-refractivity contribution in [3.63, 3.8) is 0 Å². The van der Waals surface area contributed by atoms with E-state index in [1.807, 2.05) is 43.3 Å². The summed E-state index contributed by atoms with van der Waals surface area (Å²) < 4.78 is 51.7. The molecule has 1 aliphatic heterocycles. The first kappa shape index (κ1) is 41.1. The number of aromatic nitrogens is 5. The zero-order chi connectivity index (χ0) is 40.3. The average molecular weight is 793 g/mol. The number of halogens is 2. The van der Waals surface area contributed by atoms with E-state index in [0.29, 0.717) is 83.1 Å². The number of benzene rings is 2. The summed E-state index contributed by atoms with van der Waals surface area (Å²) in [5, 5.41) is 9.05. The molecule has 304 valence electrons. The second kappa shape index (κ2) is 19.5. The molecule has 18 heteroatoms. The summed E-state index contributed by atoms with van der Waals surface area (Å²) in [5.41, 5.74) is 3.37. The molecule has 2 aromatic carbocycles. The number of hydrogen-bond acceptors (Lipinski definition) is 12. The Morgan fingerprint density at radius 3 is 2.35 bits per heavy atom. The van der Waals surface area contributed by atoms with Gasteiger partial charge >= 0.3 is 5.69 Å². The number of ether oxygens (including phenoxy) is 4. The van der Waals surface area contributed by atoms with Gasteiger partial charge in [-0.3, -0.25) is 28.8 Å². The minimum absolute atomic E-state index is 0.161. The number of rotatable bonds is 21. The van der Waals surface area contributed by atoms with Gasteiger partial charge in [-0.15, -0.1) is 0 Å². The van der Waals surface area contributed by atoms with Crippen molar-refractivity contribution in [3.8, 4) is 0 Å². The van der Waals surface area contributed by atoms with Gasteiger partial charge in [0.05, 0.1) is 62.8 Å². The van der Waals surface area contributed by atoms with E-state index in [-0.39, 0.29) is 29.6 Å². The quantitative estimate of drug-likeness (QED) is 0.0617. The average Bonchev–Trinajstić information content (AvgIpc) is 3.44. The van der Waals surface area contributed by atoms with Crippen LogP contribution in [0, 0.1) is 6.92 Å².